The van der Waals surface area contributed by atoms with E-state index in [0.717, 1.165) is 5.65 Å². The number of halogens is 2. The highest BCUT2D eigenvalue weighted by Gasteiger charge is 2.34. The number of carbonyl (C=O) groups is 1. The van der Waals surface area contributed by atoms with E-state index in [1.807, 2.05) is 35.0 Å². The van der Waals surface area contributed by atoms with E-state index in [9.17, 15) is 13.2 Å². The van der Waals surface area contributed by atoms with E-state index in [2.05, 4.69) is 4.98 Å². The SMILES string of the molecule is O=C(OCc1cn2ccccc2n1)C1CCN(S(=O)(=O)c2cc(Cl)ccc2Cl)CC1. The number of aromatic nitrogens is 2. The fourth-order valence-corrected chi connectivity index (χ4v) is 5.67. The lowest BCUT2D eigenvalue weighted by atomic mass is 9.98. The quantitative estimate of drug-likeness (QED) is 0.533. The number of esters is 1. The molecule has 158 valence electrons. The minimum atomic E-state index is -3.78. The lowest BCUT2D eigenvalue weighted by Gasteiger charge is -2.30. The number of benzene rings is 1. The lowest BCUT2D eigenvalue weighted by molar-refractivity contribution is -0.151. The van der Waals surface area contributed by atoms with Gasteiger partial charge in [-0.15, -0.1) is 0 Å². The molecule has 3 heterocycles. The Kier molecular flexibility index (Phi) is 6.02. The normalized spacial score (nSPS) is 16.1. The van der Waals surface area contributed by atoms with Crippen LogP contribution in [0.1, 0.15) is 18.5 Å². The molecule has 0 unspecified atom stereocenters. The highest BCUT2D eigenvalue weighted by Crippen LogP contribution is 2.30. The monoisotopic (exact) mass is 467 g/mol. The maximum Gasteiger partial charge on any atom is 0.309 e. The molecule has 1 fully saturated rings. The van der Waals surface area contributed by atoms with Crippen LogP contribution in [0.4, 0.5) is 0 Å². The lowest BCUT2D eigenvalue weighted by Crippen LogP contribution is -2.40. The summed E-state index contributed by atoms with van der Waals surface area (Å²) in [6, 6.07) is 9.98. The molecule has 0 amide bonds. The van der Waals surface area contributed by atoms with Crippen molar-refractivity contribution in [1.29, 1.82) is 0 Å². The zero-order valence-corrected chi connectivity index (χ0v) is 18.2. The van der Waals surface area contributed by atoms with Crippen molar-refractivity contribution in [3.63, 3.8) is 0 Å². The summed E-state index contributed by atoms with van der Waals surface area (Å²) < 4.78 is 34.4. The second kappa shape index (κ2) is 8.55. The van der Waals surface area contributed by atoms with Gasteiger partial charge in [0.1, 0.15) is 17.1 Å². The highest BCUT2D eigenvalue weighted by molar-refractivity contribution is 7.89. The zero-order chi connectivity index (χ0) is 21.3. The Morgan fingerprint density at radius 2 is 1.93 bits per heavy atom. The molecule has 1 aromatic carbocycles. The number of hydrogen-bond donors (Lipinski definition) is 0. The van der Waals surface area contributed by atoms with Crippen molar-refractivity contribution >= 4 is 44.8 Å². The van der Waals surface area contributed by atoms with Crippen LogP contribution in [-0.4, -0.2) is 41.2 Å². The van der Waals surface area contributed by atoms with Crippen LogP contribution in [0.15, 0.2) is 53.7 Å². The first kappa shape index (κ1) is 21.1. The second-order valence-electron chi connectivity index (χ2n) is 7.06. The van der Waals surface area contributed by atoms with Crippen molar-refractivity contribution in [1.82, 2.24) is 13.7 Å². The van der Waals surface area contributed by atoms with Gasteiger partial charge in [0.25, 0.3) is 0 Å². The van der Waals surface area contributed by atoms with E-state index < -0.39 is 10.0 Å². The van der Waals surface area contributed by atoms with Gasteiger partial charge >= 0.3 is 5.97 Å². The maximum absolute atomic E-state index is 12.9. The third-order valence-corrected chi connectivity index (χ3v) is 7.69. The molecule has 30 heavy (non-hydrogen) atoms. The average molecular weight is 468 g/mol. The summed E-state index contributed by atoms with van der Waals surface area (Å²) in [5, 5.41) is 0.414. The first-order valence-corrected chi connectivity index (χ1v) is 11.6. The summed E-state index contributed by atoms with van der Waals surface area (Å²) in [4.78, 5) is 16.8. The number of sulfonamides is 1. The molecule has 3 aromatic rings. The Balaban J connectivity index is 1.35. The van der Waals surface area contributed by atoms with Crippen molar-refractivity contribution in [2.24, 2.45) is 5.92 Å². The van der Waals surface area contributed by atoms with Gasteiger partial charge in [-0.25, -0.2) is 13.4 Å². The number of carbonyl (C=O) groups excluding carboxylic acids is 1. The predicted molar refractivity (Wildman–Crippen MR) is 113 cm³/mol. The number of imidazole rings is 1. The van der Waals surface area contributed by atoms with Gasteiger partial charge in [-0.05, 0) is 43.2 Å². The Morgan fingerprint density at radius 1 is 1.17 bits per heavy atom. The maximum atomic E-state index is 12.9. The Morgan fingerprint density at radius 3 is 2.67 bits per heavy atom. The van der Waals surface area contributed by atoms with Crippen molar-refractivity contribution in [3.8, 4) is 0 Å². The molecule has 0 aliphatic carbocycles. The largest absolute Gasteiger partial charge is 0.459 e. The van der Waals surface area contributed by atoms with Gasteiger partial charge in [0.05, 0.1) is 16.6 Å². The number of piperidine rings is 1. The molecule has 4 rings (SSSR count). The van der Waals surface area contributed by atoms with Crippen molar-refractivity contribution in [2.45, 2.75) is 24.3 Å². The minimum absolute atomic E-state index is 0.0236. The van der Waals surface area contributed by atoms with Crippen LogP contribution in [0, 0.1) is 5.92 Å². The van der Waals surface area contributed by atoms with Crippen LogP contribution in [-0.2, 0) is 26.2 Å². The van der Waals surface area contributed by atoms with Crippen molar-refractivity contribution in [2.75, 3.05) is 13.1 Å². The molecule has 0 saturated carbocycles. The molecule has 0 radical (unpaired) electrons. The number of hydrogen-bond acceptors (Lipinski definition) is 5. The molecule has 0 bridgehead atoms. The van der Waals surface area contributed by atoms with Gasteiger partial charge in [-0.3, -0.25) is 4.79 Å². The Bertz CT molecular complexity index is 1150. The van der Waals surface area contributed by atoms with E-state index >= 15 is 0 Å². The Labute approximate surface area is 184 Å². The standard InChI is InChI=1S/C20H19Cl2N3O4S/c21-15-4-5-17(22)18(11-15)30(27,28)25-9-6-14(7-10-25)20(26)29-13-16-12-24-8-2-1-3-19(24)23-16/h1-5,8,11-12,14H,6-7,9-10,13H2. The molecular formula is C20H19Cl2N3O4S. The number of rotatable bonds is 5. The van der Waals surface area contributed by atoms with Gasteiger partial charge in [0.2, 0.25) is 10.0 Å². The predicted octanol–water partition coefficient (Wildman–Crippen LogP) is 3.79. The third-order valence-electron chi connectivity index (χ3n) is 5.07. The first-order chi connectivity index (χ1) is 14.3. The molecule has 1 aliphatic rings. The summed E-state index contributed by atoms with van der Waals surface area (Å²) in [6.07, 6.45) is 4.44. The zero-order valence-electron chi connectivity index (χ0n) is 15.9. The molecule has 0 spiro atoms. The molecule has 7 nitrogen and oxygen atoms in total. The van der Waals surface area contributed by atoms with Crippen LogP contribution in [0.5, 0.6) is 0 Å². The summed E-state index contributed by atoms with van der Waals surface area (Å²) in [5.74, 6) is -0.701. The summed E-state index contributed by atoms with van der Waals surface area (Å²) in [6.45, 7) is 0.496. The number of ether oxygens (including phenoxy) is 1. The van der Waals surface area contributed by atoms with Crippen LogP contribution in [0.3, 0.4) is 0 Å². The second-order valence-corrected chi connectivity index (χ2v) is 9.81. The van der Waals surface area contributed by atoms with E-state index in [0.29, 0.717) is 23.6 Å². The van der Waals surface area contributed by atoms with Crippen LogP contribution >= 0.6 is 23.2 Å². The van der Waals surface area contributed by atoms with Gasteiger partial charge in [-0.2, -0.15) is 4.31 Å². The molecule has 0 N–H and O–H groups in total. The van der Waals surface area contributed by atoms with Gasteiger partial charge in [0.15, 0.2) is 0 Å². The van der Waals surface area contributed by atoms with Crippen molar-refractivity contribution in [3.05, 3.63) is 64.5 Å². The van der Waals surface area contributed by atoms with Crippen LogP contribution in [0.25, 0.3) is 5.65 Å². The van der Waals surface area contributed by atoms with Crippen LogP contribution in [0.2, 0.25) is 10.0 Å². The minimum Gasteiger partial charge on any atom is -0.459 e. The van der Waals surface area contributed by atoms with E-state index in [-0.39, 0.29) is 41.5 Å². The smallest absolute Gasteiger partial charge is 0.309 e. The third kappa shape index (κ3) is 4.32. The van der Waals surface area contributed by atoms with E-state index in [4.69, 9.17) is 27.9 Å². The topological polar surface area (TPSA) is 81.0 Å². The summed E-state index contributed by atoms with van der Waals surface area (Å²) in [7, 11) is -3.78. The molecule has 10 heteroatoms. The summed E-state index contributed by atoms with van der Waals surface area (Å²) in [5.41, 5.74) is 1.44. The Hall–Kier alpha value is -2.13. The molecule has 0 atom stereocenters. The summed E-state index contributed by atoms with van der Waals surface area (Å²) >= 11 is 12.0. The van der Waals surface area contributed by atoms with Gasteiger partial charge in [0, 0.05) is 30.5 Å². The molecule has 1 aliphatic heterocycles. The fourth-order valence-electron chi connectivity index (χ4n) is 3.47. The first-order valence-electron chi connectivity index (χ1n) is 9.39. The van der Waals surface area contributed by atoms with Crippen LogP contribution < -0.4 is 0 Å². The van der Waals surface area contributed by atoms with E-state index in [1.165, 1.54) is 22.5 Å². The molecule has 1 saturated heterocycles. The highest BCUT2D eigenvalue weighted by atomic mass is 35.5. The van der Waals surface area contributed by atoms with Gasteiger partial charge in [-0.1, -0.05) is 29.3 Å². The van der Waals surface area contributed by atoms with Crippen molar-refractivity contribution < 1.29 is 17.9 Å². The fraction of sp³-hybridized carbons (Fsp3) is 0.300. The number of nitrogens with zero attached hydrogens (tertiary/aromatic N) is 3. The average Bonchev–Trinajstić information content (AvgIpc) is 3.17. The van der Waals surface area contributed by atoms with Gasteiger partial charge < -0.3 is 9.14 Å². The van der Waals surface area contributed by atoms with E-state index in [1.54, 1.807) is 0 Å². The number of pyridine rings is 1. The molecular weight excluding hydrogens is 449 g/mol. The molecule has 2 aromatic heterocycles. The number of fused-ring (bicyclic) bond motifs is 1.